The molecule has 1 N–H and O–H groups in total. The number of hydrogen-bond donors (Lipinski definition) is 1. The van der Waals surface area contributed by atoms with Crippen molar-refractivity contribution in [3.05, 3.63) is 41.6 Å². The van der Waals surface area contributed by atoms with E-state index in [4.69, 9.17) is 11.6 Å². The number of hydrogen-bond acceptors (Lipinski definition) is 4. The quantitative estimate of drug-likeness (QED) is 0.903. The number of piperidine rings is 1. The molecular formula is C17H22ClN5O. The first-order valence-electron chi connectivity index (χ1n) is 8.30. The molecule has 24 heavy (non-hydrogen) atoms. The number of aromatic nitrogens is 3. The van der Waals surface area contributed by atoms with Gasteiger partial charge in [0.05, 0.1) is 11.6 Å². The summed E-state index contributed by atoms with van der Waals surface area (Å²) in [5.41, 5.74) is 0. The minimum Gasteiger partial charge on any atom is -0.334 e. The molecule has 2 aromatic rings. The molecule has 128 valence electrons. The summed E-state index contributed by atoms with van der Waals surface area (Å²) in [4.78, 5) is 23.3. The highest BCUT2D eigenvalue weighted by molar-refractivity contribution is 6.30. The second kappa shape index (κ2) is 7.77. The first kappa shape index (κ1) is 16.9. The molecule has 0 bridgehead atoms. The largest absolute Gasteiger partial charge is 0.334 e. The summed E-state index contributed by atoms with van der Waals surface area (Å²) in [6.07, 6.45) is 7.10. The zero-order valence-electron chi connectivity index (χ0n) is 13.8. The summed E-state index contributed by atoms with van der Waals surface area (Å²) in [7, 11) is 0. The van der Waals surface area contributed by atoms with Crippen LogP contribution in [0.25, 0.3) is 0 Å². The lowest BCUT2D eigenvalue weighted by atomic mass is 9.96. The first-order valence-corrected chi connectivity index (χ1v) is 8.68. The lowest BCUT2D eigenvalue weighted by Crippen LogP contribution is -2.38. The second-order valence-corrected chi connectivity index (χ2v) is 6.47. The SMILES string of the molecule is CCn1ccnc1CN1CCC(C(=O)Nc2ccc(Cl)cn2)CC1. The molecule has 1 aliphatic heterocycles. The van der Waals surface area contributed by atoms with E-state index in [2.05, 4.69) is 31.7 Å². The number of imidazole rings is 1. The summed E-state index contributed by atoms with van der Waals surface area (Å²) in [6, 6.07) is 3.45. The molecule has 0 spiro atoms. The van der Waals surface area contributed by atoms with Crippen LogP contribution in [0.15, 0.2) is 30.7 Å². The number of aryl methyl sites for hydroxylation is 1. The van der Waals surface area contributed by atoms with Gasteiger partial charge in [0.1, 0.15) is 11.6 Å². The number of amides is 1. The van der Waals surface area contributed by atoms with E-state index in [0.717, 1.165) is 44.8 Å². The van der Waals surface area contributed by atoms with E-state index < -0.39 is 0 Å². The van der Waals surface area contributed by atoms with Crippen molar-refractivity contribution in [1.82, 2.24) is 19.4 Å². The van der Waals surface area contributed by atoms with Crippen LogP contribution < -0.4 is 5.32 Å². The van der Waals surface area contributed by atoms with Crippen molar-refractivity contribution in [2.75, 3.05) is 18.4 Å². The van der Waals surface area contributed by atoms with Crippen LogP contribution >= 0.6 is 11.6 Å². The number of likely N-dealkylation sites (tertiary alicyclic amines) is 1. The third-order valence-corrected chi connectivity index (χ3v) is 4.67. The van der Waals surface area contributed by atoms with Crippen LogP contribution in [0, 0.1) is 5.92 Å². The smallest absolute Gasteiger partial charge is 0.228 e. The highest BCUT2D eigenvalue weighted by Gasteiger charge is 2.25. The second-order valence-electron chi connectivity index (χ2n) is 6.03. The van der Waals surface area contributed by atoms with Crippen molar-refractivity contribution in [2.45, 2.75) is 32.9 Å². The number of carbonyl (C=O) groups excluding carboxylic acids is 1. The number of carbonyl (C=O) groups is 1. The molecule has 6 nitrogen and oxygen atoms in total. The molecule has 0 aliphatic carbocycles. The molecule has 3 rings (SSSR count). The van der Waals surface area contributed by atoms with Gasteiger partial charge in [-0.15, -0.1) is 0 Å². The number of pyridine rings is 1. The van der Waals surface area contributed by atoms with Gasteiger partial charge in [0.15, 0.2) is 0 Å². The molecule has 0 unspecified atom stereocenters. The maximum Gasteiger partial charge on any atom is 0.228 e. The third kappa shape index (κ3) is 4.13. The predicted octanol–water partition coefficient (Wildman–Crippen LogP) is 2.80. The van der Waals surface area contributed by atoms with E-state index in [1.165, 1.54) is 6.20 Å². The monoisotopic (exact) mass is 347 g/mol. The standard InChI is InChI=1S/C17H22ClN5O/c1-2-23-10-7-19-16(23)12-22-8-5-13(6-9-22)17(24)21-15-4-3-14(18)11-20-15/h3-4,7,10-11,13H,2,5-6,8-9,12H2,1H3,(H,20,21,24). The molecular weight excluding hydrogens is 326 g/mol. The Morgan fingerprint density at radius 2 is 2.12 bits per heavy atom. The molecule has 1 aliphatic rings. The minimum atomic E-state index is 0.0321. The Kier molecular flexibility index (Phi) is 5.48. The van der Waals surface area contributed by atoms with Crippen molar-refractivity contribution in [1.29, 1.82) is 0 Å². The van der Waals surface area contributed by atoms with Gasteiger partial charge in [0.25, 0.3) is 0 Å². The Morgan fingerprint density at radius 3 is 2.79 bits per heavy atom. The lowest BCUT2D eigenvalue weighted by Gasteiger charge is -2.31. The average Bonchev–Trinajstić information content (AvgIpc) is 3.04. The van der Waals surface area contributed by atoms with Crippen LogP contribution in [-0.4, -0.2) is 38.4 Å². The van der Waals surface area contributed by atoms with E-state index >= 15 is 0 Å². The molecule has 0 radical (unpaired) electrons. The Morgan fingerprint density at radius 1 is 1.33 bits per heavy atom. The molecule has 0 saturated carbocycles. The van der Waals surface area contributed by atoms with Crippen LogP contribution in [0.2, 0.25) is 5.02 Å². The molecule has 1 saturated heterocycles. The Balaban J connectivity index is 1.49. The fraction of sp³-hybridized carbons (Fsp3) is 0.471. The molecule has 2 aromatic heterocycles. The molecule has 1 fully saturated rings. The van der Waals surface area contributed by atoms with Gasteiger partial charge in [-0.25, -0.2) is 9.97 Å². The van der Waals surface area contributed by atoms with Crippen LogP contribution in [0.3, 0.4) is 0 Å². The molecule has 0 atom stereocenters. The topological polar surface area (TPSA) is 63.1 Å². The van der Waals surface area contributed by atoms with Gasteiger partial charge < -0.3 is 9.88 Å². The maximum absolute atomic E-state index is 12.4. The number of halogens is 1. The van der Waals surface area contributed by atoms with Crippen molar-refractivity contribution in [3.63, 3.8) is 0 Å². The molecule has 7 heteroatoms. The summed E-state index contributed by atoms with van der Waals surface area (Å²) in [5.74, 6) is 1.71. The highest BCUT2D eigenvalue weighted by Crippen LogP contribution is 2.20. The fourth-order valence-electron chi connectivity index (χ4n) is 3.01. The maximum atomic E-state index is 12.4. The van der Waals surface area contributed by atoms with Crippen LogP contribution in [-0.2, 0) is 17.9 Å². The summed E-state index contributed by atoms with van der Waals surface area (Å²) in [5, 5.41) is 3.44. The van der Waals surface area contributed by atoms with Crippen LogP contribution in [0.1, 0.15) is 25.6 Å². The number of nitrogens with zero attached hydrogens (tertiary/aromatic N) is 4. The summed E-state index contributed by atoms with van der Waals surface area (Å²) in [6.45, 7) is 5.70. The zero-order chi connectivity index (χ0) is 16.9. The molecule has 3 heterocycles. The lowest BCUT2D eigenvalue weighted by molar-refractivity contribution is -0.121. The van der Waals surface area contributed by atoms with E-state index in [1.54, 1.807) is 12.1 Å². The summed E-state index contributed by atoms with van der Waals surface area (Å²) >= 11 is 5.81. The number of anilines is 1. The minimum absolute atomic E-state index is 0.0321. The Hall–Kier alpha value is -1.92. The van der Waals surface area contributed by atoms with Gasteiger partial charge in [-0.2, -0.15) is 0 Å². The zero-order valence-corrected chi connectivity index (χ0v) is 14.5. The normalized spacial score (nSPS) is 16.2. The number of rotatable bonds is 5. The van der Waals surface area contributed by atoms with Crippen molar-refractivity contribution >= 4 is 23.3 Å². The van der Waals surface area contributed by atoms with E-state index in [0.29, 0.717) is 10.8 Å². The van der Waals surface area contributed by atoms with Gasteiger partial charge in [0.2, 0.25) is 5.91 Å². The van der Waals surface area contributed by atoms with Crippen LogP contribution in [0.5, 0.6) is 0 Å². The molecule has 0 aromatic carbocycles. The van der Waals surface area contributed by atoms with Gasteiger partial charge in [-0.1, -0.05) is 11.6 Å². The fourth-order valence-corrected chi connectivity index (χ4v) is 3.12. The summed E-state index contributed by atoms with van der Waals surface area (Å²) < 4.78 is 2.16. The van der Waals surface area contributed by atoms with E-state index in [1.807, 2.05) is 12.4 Å². The number of nitrogens with one attached hydrogen (secondary N) is 1. The van der Waals surface area contributed by atoms with Crippen LogP contribution in [0.4, 0.5) is 5.82 Å². The van der Waals surface area contributed by atoms with Gasteiger partial charge in [0, 0.05) is 31.1 Å². The third-order valence-electron chi connectivity index (χ3n) is 4.44. The highest BCUT2D eigenvalue weighted by atomic mass is 35.5. The predicted molar refractivity (Wildman–Crippen MR) is 93.8 cm³/mol. The van der Waals surface area contributed by atoms with Crippen molar-refractivity contribution < 1.29 is 4.79 Å². The molecule has 1 amide bonds. The van der Waals surface area contributed by atoms with Gasteiger partial charge in [-0.3, -0.25) is 9.69 Å². The van der Waals surface area contributed by atoms with Crippen molar-refractivity contribution in [2.24, 2.45) is 5.92 Å². The van der Waals surface area contributed by atoms with E-state index in [9.17, 15) is 4.79 Å². The van der Waals surface area contributed by atoms with Crippen molar-refractivity contribution in [3.8, 4) is 0 Å². The first-order chi connectivity index (χ1) is 11.7. The average molecular weight is 348 g/mol. The van der Waals surface area contributed by atoms with Gasteiger partial charge >= 0.3 is 0 Å². The Bertz CT molecular complexity index is 677. The van der Waals surface area contributed by atoms with Gasteiger partial charge in [-0.05, 0) is 45.0 Å². The Labute approximate surface area is 146 Å². The van der Waals surface area contributed by atoms with E-state index in [-0.39, 0.29) is 11.8 Å².